The molecule has 0 aromatic rings. The minimum absolute atomic E-state index is 0. The van der Waals surface area contributed by atoms with Crippen molar-refractivity contribution in [1.29, 1.82) is 0 Å². The zero-order valence-corrected chi connectivity index (χ0v) is 8.75. The van der Waals surface area contributed by atoms with Gasteiger partial charge in [0, 0.05) is 12.6 Å². The number of hydroxylamine groups is 1. The van der Waals surface area contributed by atoms with Gasteiger partial charge in [-0.3, -0.25) is 0 Å². The van der Waals surface area contributed by atoms with Gasteiger partial charge in [-0.05, 0) is 20.3 Å². The first kappa shape index (κ1) is 14.0. The van der Waals surface area contributed by atoms with Gasteiger partial charge in [0.15, 0.2) is 0 Å². The Morgan fingerprint density at radius 3 is 2.17 bits per heavy atom. The number of rotatable bonds is 3. The molecule has 0 rings (SSSR count). The molecule has 0 radical (unpaired) electrons. The maximum absolute atomic E-state index is 11.1. The first-order valence-corrected chi connectivity index (χ1v) is 3.67. The van der Waals surface area contributed by atoms with Gasteiger partial charge in [-0.15, -0.1) is 12.4 Å². The van der Waals surface area contributed by atoms with Gasteiger partial charge in [0.2, 0.25) is 0 Å². The summed E-state index contributed by atoms with van der Waals surface area (Å²) in [4.78, 5) is 15.7. The zero-order chi connectivity index (χ0) is 8.85. The van der Waals surface area contributed by atoms with E-state index in [1.807, 2.05) is 20.8 Å². The summed E-state index contributed by atoms with van der Waals surface area (Å²) in [5.74, 6) is -0.282. The fourth-order valence-corrected chi connectivity index (χ4v) is 0.856. The third-order valence-electron chi connectivity index (χ3n) is 1.40. The molecule has 0 saturated carbocycles. The summed E-state index contributed by atoms with van der Waals surface area (Å²) in [5, 5.41) is 0. The Kier molecular flexibility index (Phi) is 8.32. The van der Waals surface area contributed by atoms with E-state index in [1.54, 1.807) is 7.05 Å². The number of hydrogen-bond donors (Lipinski definition) is 1. The number of halogens is 1. The van der Waals surface area contributed by atoms with Crippen molar-refractivity contribution in [2.75, 3.05) is 7.05 Å². The maximum atomic E-state index is 11.1. The van der Waals surface area contributed by atoms with Crippen LogP contribution in [0.3, 0.4) is 0 Å². The highest BCUT2D eigenvalue weighted by Crippen LogP contribution is 2.08. The number of carbonyl (C=O) groups is 1. The van der Waals surface area contributed by atoms with E-state index in [0.29, 0.717) is 6.42 Å². The average Bonchev–Trinajstić information content (AvgIpc) is 1.88. The smallest absolute Gasteiger partial charge is 0.352 e. The fourth-order valence-electron chi connectivity index (χ4n) is 0.856. The highest BCUT2D eigenvalue weighted by atomic mass is 35.5. The Bertz CT molecular complexity index is 174. The van der Waals surface area contributed by atoms with Crippen molar-refractivity contribution in [2.24, 2.45) is 0 Å². The first-order chi connectivity index (χ1) is 5.13. The predicted molar refractivity (Wildman–Crippen MR) is 51.1 cm³/mol. The van der Waals surface area contributed by atoms with Crippen molar-refractivity contribution < 1.29 is 9.63 Å². The zero-order valence-electron chi connectivity index (χ0n) is 7.93. The largest absolute Gasteiger partial charge is 0.367 e. The second-order valence-corrected chi connectivity index (χ2v) is 2.43. The monoisotopic (exact) mass is 193 g/mol. The van der Waals surface area contributed by atoms with Crippen molar-refractivity contribution in [2.45, 2.75) is 27.2 Å². The Labute approximate surface area is 79.5 Å². The first-order valence-electron chi connectivity index (χ1n) is 3.67. The lowest BCUT2D eigenvalue weighted by Crippen LogP contribution is -2.17. The Morgan fingerprint density at radius 2 is 1.92 bits per heavy atom. The lowest BCUT2D eigenvalue weighted by atomic mass is 10.1. The molecular weight excluding hydrogens is 178 g/mol. The van der Waals surface area contributed by atoms with Crippen LogP contribution in [0.25, 0.3) is 0 Å². The van der Waals surface area contributed by atoms with Gasteiger partial charge < -0.3 is 4.84 Å². The number of hydrogen-bond acceptors (Lipinski definition) is 3. The van der Waals surface area contributed by atoms with Gasteiger partial charge >= 0.3 is 5.97 Å². The van der Waals surface area contributed by atoms with Crippen LogP contribution in [0.1, 0.15) is 27.2 Å². The Hall–Kier alpha value is -0.540. The molecule has 0 aromatic carbocycles. The normalized spacial score (nSPS) is 8.33. The molecule has 12 heavy (non-hydrogen) atoms. The fraction of sp³-hybridized carbons (Fsp3) is 0.625. The van der Waals surface area contributed by atoms with E-state index in [0.717, 1.165) is 11.1 Å². The van der Waals surface area contributed by atoms with E-state index in [2.05, 4.69) is 10.3 Å². The molecule has 0 aliphatic carbocycles. The van der Waals surface area contributed by atoms with Crippen LogP contribution in [0.4, 0.5) is 0 Å². The maximum Gasteiger partial charge on any atom is 0.352 e. The molecule has 0 bridgehead atoms. The summed E-state index contributed by atoms with van der Waals surface area (Å²) in [5.41, 5.74) is 4.10. The molecule has 0 atom stereocenters. The van der Waals surface area contributed by atoms with Crippen molar-refractivity contribution in [1.82, 2.24) is 5.48 Å². The minimum atomic E-state index is -0.282. The molecule has 4 heteroatoms. The lowest BCUT2D eigenvalue weighted by Gasteiger charge is -2.05. The summed E-state index contributed by atoms with van der Waals surface area (Å²) < 4.78 is 0. The topological polar surface area (TPSA) is 38.3 Å². The van der Waals surface area contributed by atoms with E-state index < -0.39 is 0 Å². The SMILES string of the molecule is CCC(C(=O)ONC)=C(C)C.Cl. The molecular formula is C8H16ClNO2. The van der Waals surface area contributed by atoms with Crippen LogP contribution in [-0.2, 0) is 9.63 Å². The van der Waals surface area contributed by atoms with Crippen LogP contribution < -0.4 is 5.48 Å². The molecule has 72 valence electrons. The quantitative estimate of drug-likeness (QED) is 0.549. The molecule has 0 heterocycles. The van der Waals surface area contributed by atoms with Gasteiger partial charge in [0.05, 0.1) is 0 Å². The molecule has 0 aliphatic rings. The van der Waals surface area contributed by atoms with Crippen molar-refractivity contribution in [3.63, 3.8) is 0 Å². The van der Waals surface area contributed by atoms with E-state index in [1.165, 1.54) is 0 Å². The molecule has 0 amide bonds. The molecule has 0 aliphatic heterocycles. The standard InChI is InChI=1S/C8H15NO2.ClH/c1-5-7(6(2)3)8(10)11-9-4;/h9H,5H2,1-4H3;1H. The van der Waals surface area contributed by atoms with Crippen LogP contribution in [0.5, 0.6) is 0 Å². The van der Waals surface area contributed by atoms with E-state index in [9.17, 15) is 4.79 Å². The third-order valence-corrected chi connectivity index (χ3v) is 1.40. The number of nitrogens with one attached hydrogen (secondary N) is 1. The van der Waals surface area contributed by atoms with Crippen molar-refractivity contribution in [3.8, 4) is 0 Å². The van der Waals surface area contributed by atoms with Crippen LogP contribution in [0.15, 0.2) is 11.1 Å². The lowest BCUT2D eigenvalue weighted by molar-refractivity contribution is -0.145. The van der Waals surface area contributed by atoms with E-state index in [4.69, 9.17) is 0 Å². The molecule has 0 aromatic heterocycles. The highest BCUT2D eigenvalue weighted by molar-refractivity contribution is 5.88. The molecule has 3 nitrogen and oxygen atoms in total. The van der Waals surface area contributed by atoms with Gasteiger partial charge in [-0.25, -0.2) is 4.79 Å². The second-order valence-electron chi connectivity index (χ2n) is 2.43. The van der Waals surface area contributed by atoms with E-state index >= 15 is 0 Å². The van der Waals surface area contributed by atoms with Crippen LogP contribution in [0.2, 0.25) is 0 Å². The predicted octanol–water partition coefficient (Wildman–Crippen LogP) is 1.83. The van der Waals surface area contributed by atoms with Gasteiger partial charge in [-0.1, -0.05) is 12.5 Å². The van der Waals surface area contributed by atoms with Gasteiger partial charge in [0.25, 0.3) is 0 Å². The Balaban J connectivity index is 0. The van der Waals surface area contributed by atoms with Gasteiger partial charge in [-0.2, -0.15) is 5.48 Å². The molecule has 0 saturated heterocycles. The minimum Gasteiger partial charge on any atom is -0.367 e. The summed E-state index contributed by atoms with van der Waals surface area (Å²) in [6, 6.07) is 0. The highest BCUT2D eigenvalue weighted by Gasteiger charge is 2.09. The number of carbonyl (C=O) groups excluding carboxylic acids is 1. The van der Waals surface area contributed by atoms with Crippen molar-refractivity contribution >= 4 is 18.4 Å². The van der Waals surface area contributed by atoms with Gasteiger partial charge in [0.1, 0.15) is 0 Å². The molecule has 0 fully saturated rings. The number of allylic oxidation sites excluding steroid dienone is 1. The third kappa shape index (κ3) is 4.36. The average molecular weight is 194 g/mol. The molecule has 0 unspecified atom stereocenters. The van der Waals surface area contributed by atoms with Crippen LogP contribution in [-0.4, -0.2) is 13.0 Å². The summed E-state index contributed by atoms with van der Waals surface area (Å²) in [6.07, 6.45) is 0.711. The second kappa shape index (κ2) is 7.13. The Morgan fingerprint density at radius 1 is 1.42 bits per heavy atom. The van der Waals surface area contributed by atoms with Crippen LogP contribution >= 0.6 is 12.4 Å². The van der Waals surface area contributed by atoms with E-state index in [-0.39, 0.29) is 18.4 Å². The molecule has 1 N–H and O–H groups in total. The summed E-state index contributed by atoms with van der Waals surface area (Å²) in [6.45, 7) is 5.73. The van der Waals surface area contributed by atoms with Crippen LogP contribution in [0, 0.1) is 0 Å². The molecule has 0 spiro atoms. The summed E-state index contributed by atoms with van der Waals surface area (Å²) in [7, 11) is 1.57. The van der Waals surface area contributed by atoms with Crippen molar-refractivity contribution in [3.05, 3.63) is 11.1 Å². The summed E-state index contributed by atoms with van der Waals surface area (Å²) >= 11 is 0.